The molecule has 1 atom stereocenters. The first kappa shape index (κ1) is 9.57. The molecule has 0 fully saturated rings. The topological polar surface area (TPSA) is 66.6 Å². The fourth-order valence-electron chi connectivity index (χ4n) is 0.837. The lowest BCUT2D eigenvalue weighted by Gasteiger charge is -2.18. The SMILES string of the molecule is Cc1cnc(N(C)C(C)C(=O)O)o1. The minimum atomic E-state index is -0.904. The van der Waals surface area contributed by atoms with Crippen LogP contribution < -0.4 is 4.90 Å². The van der Waals surface area contributed by atoms with Gasteiger partial charge in [-0.1, -0.05) is 0 Å². The lowest BCUT2D eigenvalue weighted by Crippen LogP contribution is -2.35. The van der Waals surface area contributed by atoms with Crippen LogP contribution in [0.2, 0.25) is 0 Å². The average molecular weight is 184 g/mol. The number of aryl methyl sites for hydroxylation is 1. The Bertz CT molecular complexity index is 308. The molecule has 72 valence electrons. The van der Waals surface area contributed by atoms with Gasteiger partial charge < -0.3 is 14.4 Å². The summed E-state index contributed by atoms with van der Waals surface area (Å²) in [5.74, 6) is -0.238. The highest BCUT2D eigenvalue weighted by molar-refractivity contribution is 5.76. The molecule has 0 aromatic carbocycles. The van der Waals surface area contributed by atoms with Crippen molar-refractivity contribution >= 4 is 12.0 Å². The predicted molar refractivity (Wildman–Crippen MR) is 46.7 cm³/mol. The quantitative estimate of drug-likeness (QED) is 0.755. The summed E-state index contributed by atoms with van der Waals surface area (Å²) in [7, 11) is 1.63. The first-order valence-corrected chi connectivity index (χ1v) is 3.90. The smallest absolute Gasteiger partial charge is 0.326 e. The Morgan fingerprint density at radius 1 is 1.77 bits per heavy atom. The molecule has 0 aliphatic carbocycles. The van der Waals surface area contributed by atoms with E-state index >= 15 is 0 Å². The molecular weight excluding hydrogens is 172 g/mol. The van der Waals surface area contributed by atoms with Crippen molar-refractivity contribution in [3.8, 4) is 0 Å². The van der Waals surface area contributed by atoms with Crippen LogP contribution >= 0.6 is 0 Å². The van der Waals surface area contributed by atoms with Crippen LogP contribution in [0.15, 0.2) is 10.6 Å². The Morgan fingerprint density at radius 2 is 2.38 bits per heavy atom. The maximum atomic E-state index is 10.6. The minimum Gasteiger partial charge on any atom is -0.480 e. The van der Waals surface area contributed by atoms with E-state index < -0.39 is 12.0 Å². The normalized spacial score (nSPS) is 12.5. The molecule has 5 heteroatoms. The number of aliphatic carboxylic acids is 1. The summed E-state index contributed by atoms with van der Waals surface area (Å²) in [5.41, 5.74) is 0. The summed E-state index contributed by atoms with van der Waals surface area (Å²) in [6, 6.07) is -0.314. The van der Waals surface area contributed by atoms with Crippen LogP contribution in [0.4, 0.5) is 6.01 Å². The molecule has 1 aromatic rings. The summed E-state index contributed by atoms with van der Waals surface area (Å²) in [6.45, 7) is 3.33. The van der Waals surface area contributed by atoms with Crippen molar-refractivity contribution < 1.29 is 14.3 Å². The molecule has 0 radical (unpaired) electrons. The zero-order valence-electron chi connectivity index (χ0n) is 7.81. The van der Waals surface area contributed by atoms with Crippen LogP contribution in [0.1, 0.15) is 12.7 Å². The minimum absolute atomic E-state index is 0.326. The molecular formula is C8H12N2O3. The number of nitrogens with zero attached hydrogens (tertiary/aromatic N) is 2. The summed E-state index contributed by atoms with van der Waals surface area (Å²) in [5, 5.41) is 8.71. The molecule has 0 saturated heterocycles. The van der Waals surface area contributed by atoms with E-state index in [-0.39, 0.29) is 0 Å². The van der Waals surface area contributed by atoms with E-state index in [1.807, 2.05) is 0 Å². The maximum Gasteiger partial charge on any atom is 0.326 e. The van der Waals surface area contributed by atoms with Gasteiger partial charge in [-0.3, -0.25) is 0 Å². The van der Waals surface area contributed by atoms with Crippen molar-refractivity contribution in [2.75, 3.05) is 11.9 Å². The van der Waals surface area contributed by atoms with Crippen LogP contribution in [0.3, 0.4) is 0 Å². The number of likely N-dealkylation sites (N-methyl/N-ethyl adjacent to an activating group) is 1. The molecule has 1 N–H and O–H groups in total. The van der Waals surface area contributed by atoms with Gasteiger partial charge in [-0.2, -0.15) is 0 Å². The third kappa shape index (κ3) is 1.99. The predicted octanol–water partition coefficient (Wildman–Crippen LogP) is 0.892. The summed E-state index contributed by atoms with van der Waals surface area (Å²) >= 11 is 0. The Labute approximate surface area is 76.0 Å². The van der Waals surface area contributed by atoms with Gasteiger partial charge in [-0.05, 0) is 13.8 Å². The van der Waals surface area contributed by atoms with Gasteiger partial charge in [0.25, 0.3) is 6.01 Å². The van der Waals surface area contributed by atoms with Crippen LogP contribution in [0.5, 0.6) is 0 Å². The first-order valence-electron chi connectivity index (χ1n) is 3.90. The number of hydrogen-bond acceptors (Lipinski definition) is 4. The Balaban J connectivity index is 2.78. The highest BCUT2D eigenvalue weighted by Gasteiger charge is 2.20. The van der Waals surface area contributed by atoms with Crippen molar-refractivity contribution in [1.82, 2.24) is 4.98 Å². The lowest BCUT2D eigenvalue weighted by molar-refractivity contribution is -0.138. The number of anilines is 1. The monoisotopic (exact) mass is 184 g/mol. The molecule has 1 aromatic heterocycles. The number of aromatic nitrogens is 1. The number of carboxylic acid groups (broad SMARTS) is 1. The summed E-state index contributed by atoms with van der Waals surface area (Å²) in [6.07, 6.45) is 1.56. The number of carbonyl (C=O) groups is 1. The van der Waals surface area contributed by atoms with Gasteiger partial charge in [0.05, 0.1) is 6.20 Å². The molecule has 0 aliphatic rings. The van der Waals surface area contributed by atoms with E-state index in [9.17, 15) is 4.79 Å². The van der Waals surface area contributed by atoms with Crippen molar-refractivity contribution in [2.24, 2.45) is 0 Å². The van der Waals surface area contributed by atoms with Crippen molar-refractivity contribution in [1.29, 1.82) is 0 Å². The standard InChI is InChI=1S/C8H12N2O3/c1-5-4-9-8(13-5)10(3)6(2)7(11)12/h4,6H,1-3H3,(H,11,12). The zero-order chi connectivity index (χ0) is 10.0. The number of oxazole rings is 1. The number of rotatable bonds is 3. The highest BCUT2D eigenvalue weighted by atomic mass is 16.4. The molecule has 13 heavy (non-hydrogen) atoms. The first-order chi connectivity index (χ1) is 6.02. The Morgan fingerprint density at radius 3 is 2.77 bits per heavy atom. The van der Waals surface area contributed by atoms with Gasteiger partial charge in [0.2, 0.25) is 0 Å². The average Bonchev–Trinajstić information content (AvgIpc) is 2.49. The van der Waals surface area contributed by atoms with E-state index in [0.717, 1.165) is 0 Å². The van der Waals surface area contributed by atoms with Crippen molar-refractivity contribution in [3.05, 3.63) is 12.0 Å². The van der Waals surface area contributed by atoms with Crippen LogP contribution in [0, 0.1) is 6.92 Å². The molecule has 0 amide bonds. The lowest BCUT2D eigenvalue weighted by atomic mass is 10.3. The molecule has 0 bridgehead atoms. The van der Waals surface area contributed by atoms with Crippen molar-refractivity contribution in [2.45, 2.75) is 19.9 Å². The molecule has 0 saturated carbocycles. The molecule has 1 heterocycles. The highest BCUT2D eigenvalue weighted by Crippen LogP contribution is 2.14. The maximum absolute atomic E-state index is 10.6. The largest absolute Gasteiger partial charge is 0.480 e. The fourth-order valence-corrected chi connectivity index (χ4v) is 0.837. The third-order valence-corrected chi connectivity index (χ3v) is 1.85. The van der Waals surface area contributed by atoms with Gasteiger partial charge in [0.15, 0.2) is 0 Å². The summed E-state index contributed by atoms with van der Waals surface area (Å²) < 4.78 is 5.17. The van der Waals surface area contributed by atoms with E-state index in [2.05, 4.69) is 4.98 Å². The molecule has 1 rings (SSSR count). The second-order valence-corrected chi connectivity index (χ2v) is 2.88. The van der Waals surface area contributed by atoms with Gasteiger partial charge >= 0.3 is 5.97 Å². The van der Waals surface area contributed by atoms with Gasteiger partial charge in [0.1, 0.15) is 11.8 Å². The molecule has 0 spiro atoms. The summed E-state index contributed by atoms with van der Waals surface area (Å²) in [4.78, 5) is 16.0. The van der Waals surface area contributed by atoms with E-state index in [4.69, 9.17) is 9.52 Å². The third-order valence-electron chi connectivity index (χ3n) is 1.85. The van der Waals surface area contributed by atoms with Crippen LogP contribution in [0.25, 0.3) is 0 Å². The molecule has 0 aliphatic heterocycles. The van der Waals surface area contributed by atoms with E-state index in [0.29, 0.717) is 11.8 Å². The molecule has 5 nitrogen and oxygen atoms in total. The van der Waals surface area contributed by atoms with E-state index in [1.54, 1.807) is 27.1 Å². The van der Waals surface area contributed by atoms with E-state index in [1.165, 1.54) is 4.90 Å². The van der Waals surface area contributed by atoms with Gasteiger partial charge in [-0.25, -0.2) is 9.78 Å². The zero-order valence-corrected chi connectivity index (χ0v) is 7.81. The van der Waals surface area contributed by atoms with Crippen LogP contribution in [-0.4, -0.2) is 29.1 Å². The van der Waals surface area contributed by atoms with Crippen molar-refractivity contribution in [3.63, 3.8) is 0 Å². The number of carboxylic acids is 1. The Hall–Kier alpha value is -1.52. The van der Waals surface area contributed by atoms with Gasteiger partial charge in [-0.15, -0.1) is 0 Å². The fraction of sp³-hybridized carbons (Fsp3) is 0.500. The number of hydrogen-bond donors (Lipinski definition) is 1. The second kappa shape index (κ2) is 3.47. The second-order valence-electron chi connectivity index (χ2n) is 2.88. The Kier molecular flexibility index (Phi) is 2.55. The van der Waals surface area contributed by atoms with Crippen LogP contribution in [-0.2, 0) is 4.79 Å². The molecule has 1 unspecified atom stereocenters. The van der Waals surface area contributed by atoms with Gasteiger partial charge in [0, 0.05) is 7.05 Å².